The number of ether oxygens (including phenoxy) is 1. The lowest BCUT2D eigenvalue weighted by Crippen LogP contribution is -2.50. The van der Waals surface area contributed by atoms with Crippen LogP contribution in [0.2, 0.25) is 0 Å². The van der Waals surface area contributed by atoms with Gasteiger partial charge in [-0.2, -0.15) is 0 Å². The van der Waals surface area contributed by atoms with Crippen LogP contribution in [0.1, 0.15) is 32.3 Å². The lowest BCUT2D eigenvalue weighted by molar-refractivity contribution is -0.131. The molecule has 0 saturated carbocycles. The van der Waals surface area contributed by atoms with Gasteiger partial charge in [-0.3, -0.25) is 4.79 Å². The maximum Gasteiger partial charge on any atom is 0.315 e. The second-order valence-electron chi connectivity index (χ2n) is 6.46. The second-order valence-corrected chi connectivity index (χ2v) is 6.46. The Balaban J connectivity index is 1.79. The summed E-state index contributed by atoms with van der Waals surface area (Å²) in [5.74, 6) is 0.882. The zero-order chi connectivity index (χ0) is 17.5. The van der Waals surface area contributed by atoms with Crippen molar-refractivity contribution < 1.29 is 14.3 Å². The summed E-state index contributed by atoms with van der Waals surface area (Å²) in [6.45, 7) is 5.21. The second kappa shape index (κ2) is 8.57. The largest absolute Gasteiger partial charge is 0.497 e. The first-order valence-electron chi connectivity index (χ1n) is 8.45. The molecular formula is C18H27N3O3. The number of carbonyl (C=O) groups is 2. The summed E-state index contributed by atoms with van der Waals surface area (Å²) in [7, 11) is 1.62. The number of piperidine rings is 1. The molecule has 1 heterocycles. The molecule has 2 rings (SSSR count). The topological polar surface area (TPSA) is 70.7 Å². The van der Waals surface area contributed by atoms with Gasteiger partial charge in [0.15, 0.2) is 0 Å². The molecule has 1 aliphatic heterocycles. The molecular weight excluding hydrogens is 306 g/mol. The molecule has 1 saturated heterocycles. The number of methoxy groups -OCH3 is 1. The van der Waals surface area contributed by atoms with Crippen LogP contribution in [0.25, 0.3) is 0 Å². The maximum absolute atomic E-state index is 12.4. The number of carbonyl (C=O) groups excluding carboxylic acids is 2. The molecule has 0 radical (unpaired) electrons. The van der Waals surface area contributed by atoms with Crippen molar-refractivity contribution in [2.45, 2.75) is 45.2 Å². The van der Waals surface area contributed by atoms with Gasteiger partial charge >= 0.3 is 6.03 Å². The van der Waals surface area contributed by atoms with Crippen molar-refractivity contribution in [3.05, 3.63) is 29.8 Å². The molecule has 24 heavy (non-hydrogen) atoms. The SMILES string of the molecule is COc1cccc(CC(=O)N2CCC(NC(=O)NC(C)C)CC2)c1. The van der Waals surface area contributed by atoms with Crippen LogP contribution in [0.5, 0.6) is 5.75 Å². The van der Waals surface area contributed by atoms with E-state index in [2.05, 4.69) is 10.6 Å². The highest BCUT2D eigenvalue weighted by Gasteiger charge is 2.24. The smallest absolute Gasteiger partial charge is 0.315 e. The van der Waals surface area contributed by atoms with Crippen molar-refractivity contribution in [3.63, 3.8) is 0 Å². The van der Waals surface area contributed by atoms with Crippen molar-refractivity contribution in [2.75, 3.05) is 20.2 Å². The average Bonchev–Trinajstić information content (AvgIpc) is 2.54. The number of amides is 3. The minimum Gasteiger partial charge on any atom is -0.497 e. The highest BCUT2D eigenvalue weighted by Crippen LogP contribution is 2.16. The van der Waals surface area contributed by atoms with Crippen molar-refractivity contribution >= 4 is 11.9 Å². The molecule has 6 nitrogen and oxygen atoms in total. The predicted octanol–water partition coefficient (Wildman–Crippen LogP) is 1.94. The van der Waals surface area contributed by atoms with Crippen LogP contribution in [-0.4, -0.2) is 49.1 Å². The highest BCUT2D eigenvalue weighted by molar-refractivity contribution is 5.79. The van der Waals surface area contributed by atoms with Gasteiger partial charge in [-0.1, -0.05) is 12.1 Å². The summed E-state index contributed by atoms with van der Waals surface area (Å²) in [6, 6.07) is 7.71. The van der Waals surface area contributed by atoms with Crippen LogP contribution in [0.15, 0.2) is 24.3 Å². The number of likely N-dealkylation sites (tertiary alicyclic amines) is 1. The third-order valence-corrected chi connectivity index (χ3v) is 4.09. The van der Waals surface area contributed by atoms with Crippen molar-refractivity contribution in [1.82, 2.24) is 15.5 Å². The molecule has 6 heteroatoms. The van der Waals surface area contributed by atoms with E-state index in [0.717, 1.165) is 24.2 Å². The summed E-state index contributed by atoms with van der Waals surface area (Å²) >= 11 is 0. The Morgan fingerprint density at radius 1 is 1.29 bits per heavy atom. The van der Waals surface area contributed by atoms with Gasteiger partial charge in [0.1, 0.15) is 5.75 Å². The monoisotopic (exact) mass is 333 g/mol. The number of nitrogens with zero attached hydrogens (tertiary/aromatic N) is 1. The molecule has 1 aromatic rings. The van der Waals surface area contributed by atoms with E-state index in [1.807, 2.05) is 43.0 Å². The first-order chi connectivity index (χ1) is 11.5. The zero-order valence-corrected chi connectivity index (χ0v) is 14.7. The summed E-state index contributed by atoms with van der Waals surface area (Å²) in [6.07, 6.45) is 1.95. The Kier molecular flexibility index (Phi) is 6.46. The standard InChI is InChI=1S/C18H27N3O3/c1-13(2)19-18(23)20-15-7-9-21(10-8-15)17(22)12-14-5-4-6-16(11-14)24-3/h4-6,11,13,15H,7-10,12H2,1-3H3,(H2,19,20,23). The molecule has 3 amide bonds. The quantitative estimate of drug-likeness (QED) is 0.865. The molecule has 0 atom stereocenters. The molecule has 1 fully saturated rings. The molecule has 1 aromatic carbocycles. The van der Waals surface area contributed by atoms with E-state index in [4.69, 9.17) is 4.74 Å². The van der Waals surface area contributed by atoms with Gasteiger partial charge in [-0.15, -0.1) is 0 Å². The maximum atomic E-state index is 12.4. The third-order valence-electron chi connectivity index (χ3n) is 4.09. The number of urea groups is 1. The number of benzene rings is 1. The summed E-state index contributed by atoms with van der Waals surface area (Å²) < 4.78 is 5.19. The van der Waals surface area contributed by atoms with Crippen molar-refractivity contribution in [2.24, 2.45) is 0 Å². The number of nitrogens with one attached hydrogen (secondary N) is 2. The molecule has 2 N–H and O–H groups in total. The van der Waals surface area contributed by atoms with Gasteiger partial charge in [0.2, 0.25) is 5.91 Å². The van der Waals surface area contributed by atoms with Gasteiger partial charge in [0, 0.05) is 25.2 Å². The summed E-state index contributed by atoms with van der Waals surface area (Å²) in [4.78, 5) is 26.0. The molecule has 132 valence electrons. The van der Waals surface area contributed by atoms with E-state index >= 15 is 0 Å². The highest BCUT2D eigenvalue weighted by atomic mass is 16.5. The van der Waals surface area contributed by atoms with Crippen LogP contribution in [0.4, 0.5) is 4.79 Å². The molecule has 0 unspecified atom stereocenters. The normalized spacial score (nSPS) is 15.2. The van der Waals surface area contributed by atoms with Crippen LogP contribution >= 0.6 is 0 Å². The van der Waals surface area contributed by atoms with E-state index in [9.17, 15) is 9.59 Å². The van der Waals surface area contributed by atoms with E-state index in [1.165, 1.54) is 0 Å². The van der Waals surface area contributed by atoms with Crippen LogP contribution in [0, 0.1) is 0 Å². The summed E-state index contributed by atoms with van der Waals surface area (Å²) in [5.41, 5.74) is 0.955. The minimum atomic E-state index is -0.133. The minimum absolute atomic E-state index is 0.119. The molecule has 0 aromatic heterocycles. The Labute approximate surface area is 143 Å². The Morgan fingerprint density at radius 2 is 2.00 bits per heavy atom. The lowest BCUT2D eigenvalue weighted by atomic mass is 10.0. The average molecular weight is 333 g/mol. The molecule has 0 bridgehead atoms. The van der Waals surface area contributed by atoms with Gasteiger partial charge in [0.05, 0.1) is 13.5 Å². The van der Waals surface area contributed by atoms with Crippen molar-refractivity contribution in [1.29, 1.82) is 0 Å². The fourth-order valence-corrected chi connectivity index (χ4v) is 2.83. The van der Waals surface area contributed by atoms with Crippen molar-refractivity contribution in [3.8, 4) is 5.75 Å². The van der Waals surface area contributed by atoms with E-state index in [1.54, 1.807) is 7.11 Å². The van der Waals surface area contributed by atoms with Gasteiger partial charge in [-0.25, -0.2) is 4.79 Å². The van der Waals surface area contributed by atoms with Gasteiger partial charge < -0.3 is 20.3 Å². The summed E-state index contributed by atoms with van der Waals surface area (Å²) in [5, 5.41) is 5.79. The molecule has 0 spiro atoms. The number of hydrogen-bond donors (Lipinski definition) is 2. The first kappa shape index (κ1) is 18.1. The fraction of sp³-hybridized carbons (Fsp3) is 0.556. The Bertz CT molecular complexity index is 566. The molecule has 1 aliphatic rings. The van der Waals surface area contributed by atoms with Gasteiger partial charge in [0.25, 0.3) is 0 Å². The van der Waals surface area contributed by atoms with Crippen LogP contribution < -0.4 is 15.4 Å². The van der Waals surface area contributed by atoms with E-state index in [0.29, 0.717) is 19.5 Å². The number of hydrogen-bond acceptors (Lipinski definition) is 3. The van der Waals surface area contributed by atoms with E-state index in [-0.39, 0.29) is 24.0 Å². The predicted molar refractivity (Wildman–Crippen MR) is 93.1 cm³/mol. The van der Waals surface area contributed by atoms with Crippen LogP contribution in [-0.2, 0) is 11.2 Å². The fourth-order valence-electron chi connectivity index (χ4n) is 2.83. The first-order valence-corrected chi connectivity index (χ1v) is 8.45. The third kappa shape index (κ3) is 5.44. The number of rotatable bonds is 5. The van der Waals surface area contributed by atoms with E-state index < -0.39 is 0 Å². The zero-order valence-electron chi connectivity index (χ0n) is 14.7. The lowest BCUT2D eigenvalue weighted by Gasteiger charge is -2.32. The van der Waals surface area contributed by atoms with Gasteiger partial charge in [-0.05, 0) is 44.4 Å². The molecule has 0 aliphatic carbocycles. The Morgan fingerprint density at radius 3 is 2.62 bits per heavy atom. The van der Waals surface area contributed by atoms with Crippen LogP contribution in [0.3, 0.4) is 0 Å². The Hall–Kier alpha value is -2.24.